The van der Waals surface area contributed by atoms with Crippen LogP contribution in [0.2, 0.25) is 0 Å². The third kappa shape index (κ3) is 9.33. The van der Waals surface area contributed by atoms with Crippen molar-refractivity contribution in [2.24, 2.45) is 0 Å². The van der Waals surface area contributed by atoms with Gasteiger partial charge in [-0.15, -0.1) is 0 Å². The quantitative estimate of drug-likeness (QED) is 0.115. The Labute approximate surface area is 408 Å². The Balaban J connectivity index is 1.08. The molecular formula is C62H56N4O. The monoisotopic (exact) mass is 883 g/mol. The Hall–Kier alpha value is -7.50. The number of hydrogen-bond acceptors (Lipinski definition) is 5. The van der Waals surface area contributed by atoms with Crippen LogP contribution in [0.15, 0.2) is 187 Å². The van der Waals surface area contributed by atoms with E-state index < -0.39 is 37.3 Å². The van der Waals surface area contributed by atoms with Crippen LogP contribution in [-0.2, 0) is 36.4 Å². The first-order valence-electron chi connectivity index (χ1n) is 27.5. The molecule has 0 amide bonds. The van der Waals surface area contributed by atoms with Crippen molar-refractivity contribution in [2.45, 2.75) is 77.8 Å². The standard InChI is InChI=1S/C62H56N4O/c1-41-15-13-14-20-52(41)54-35-58(48-24-30-59-55(34-48)53-27-21-42(2)66-60(53)67-59)63-38-49(54)23-22-43-31-44(36-61(3,4)50-25-28-56(64-39-50)46-16-9-7-10-17-46)33-45(32-43)37-62(5,6)51-26-29-57(65-40-51)47-18-11-8-12-19-47/h7-21,24-35,38-40H,22-23,36-37H2,1-6H3/i1D3,2D3,22D2,23D2. The van der Waals surface area contributed by atoms with Gasteiger partial charge < -0.3 is 4.42 Å². The minimum absolute atomic E-state index is 0.0338. The molecule has 0 aliphatic carbocycles. The highest BCUT2D eigenvalue weighted by Gasteiger charge is 2.26. The zero-order chi connectivity index (χ0) is 54.7. The SMILES string of the molecule is [2H]C([2H])([2H])c1ccc2c(n1)oc1ccc(-c3cc(-c4ccccc4C([2H])([2H])[2H])c(C([2H])([2H])C([2H])([2H])c4cc(CC(C)(C)c5ccc(-c6ccccc6)nc5)cc(CC(C)(C)c5ccc(-c6ccccc6)nc5)c4)cn3)cc12. The fourth-order valence-electron chi connectivity index (χ4n) is 9.02. The van der Waals surface area contributed by atoms with Gasteiger partial charge in [0.1, 0.15) is 5.58 Å². The molecule has 0 saturated heterocycles. The summed E-state index contributed by atoms with van der Waals surface area (Å²) >= 11 is 0. The first-order valence-corrected chi connectivity index (χ1v) is 22.5. The number of nitrogens with zero attached hydrogens (tertiary/aromatic N) is 4. The molecule has 5 aromatic carbocycles. The molecule has 5 heteroatoms. The van der Waals surface area contributed by atoms with Crippen LogP contribution >= 0.6 is 0 Å². The van der Waals surface area contributed by atoms with E-state index >= 15 is 0 Å². The zero-order valence-corrected chi connectivity index (χ0v) is 37.9. The Morgan fingerprint density at radius 2 is 1.10 bits per heavy atom. The number of benzene rings is 5. The molecule has 0 atom stereocenters. The van der Waals surface area contributed by atoms with Crippen molar-refractivity contribution in [2.75, 3.05) is 0 Å². The summed E-state index contributed by atoms with van der Waals surface area (Å²) in [4.78, 5) is 18.7. The maximum absolute atomic E-state index is 10.0. The van der Waals surface area contributed by atoms with E-state index in [0.29, 0.717) is 40.5 Å². The Bertz CT molecular complexity index is 3660. The molecule has 10 rings (SSSR count). The van der Waals surface area contributed by atoms with E-state index in [1.807, 2.05) is 91.3 Å². The Morgan fingerprint density at radius 1 is 0.493 bits per heavy atom. The molecule has 0 N–H and O–H groups in total. The number of aromatic nitrogens is 4. The third-order valence-corrected chi connectivity index (χ3v) is 12.7. The molecule has 330 valence electrons. The van der Waals surface area contributed by atoms with Crippen LogP contribution in [0.25, 0.3) is 67.0 Å². The van der Waals surface area contributed by atoms with Crippen LogP contribution in [-0.4, -0.2) is 19.9 Å². The van der Waals surface area contributed by atoms with Crippen molar-refractivity contribution in [1.29, 1.82) is 0 Å². The second-order valence-corrected chi connectivity index (χ2v) is 18.5. The molecule has 0 spiro atoms. The maximum atomic E-state index is 10.0. The summed E-state index contributed by atoms with van der Waals surface area (Å²) in [7, 11) is 0. The van der Waals surface area contributed by atoms with Crippen LogP contribution in [0.4, 0.5) is 0 Å². The number of pyridine rings is 4. The number of furan rings is 1. The van der Waals surface area contributed by atoms with E-state index in [0.717, 1.165) is 44.8 Å². The van der Waals surface area contributed by atoms with Crippen LogP contribution in [0, 0.1) is 13.7 Å². The Morgan fingerprint density at radius 3 is 1.72 bits per heavy atom. The number of hydrogen-bond donors (Lipinski definition) is 0. The van der Waals surface area contributed by atoms with Gasteiger partial charge in [-0.1, -0.05) is 143 Å². The lowest BCUT2D eigenvalue weighted by atomic mass is 9.77. The first-order chi connectivity index (χ1) is 36.4. The van der Waals surface area contributed by atoms with Gasteiger partial charge in [0.25, 0.3) is 0 Å². The fraction of sp³-hybridized carbons (Fsp3) is 0.194. The van der Waals surface area contributed by atoms with Crippen molar-refractivity contribution < 1.29 is 18.1 Å². The normalized spacial score (nSPS) is 15.0. The highest BCUT2D eigenvalue weighted by Crippen LogP contribution is 2.37. The molecule has 5 nitrogen and oxygen atoms in total. The maximum Gasteiger partial charge on any atom is 0.227 e. The van der Waals surface area contributed by atoms with Crippen molar-refractivity contribution in [3.05, 3.63) is 227 Å². The molecule has 0 unspecified atom stereocenters. The van der Waals surface area contributed by atoms with Crippen molar-refractivity contribution >= 4 is 22.1 Å². The van der Waals surface area contributed by atoms with E-state index in [1.165, 1.54) is 18.3 Å². The fourth-order valence-corrected chi connectivity index (χ4v) is 9.02. The summed E-state index contributed by atoms with van der Waals surface area (Å²) in [5, 5.41) is 1.21. The summed E-state index contributed by atoms with van der Waals surface area (Å²) in [6.07, 6.45) is 0.477. The zero-order valence-electron chi connectivity index (χ0n) is 47.9. The highest BCUT2D eigenvalue weighted by atomic mass is 16.3. The van der Waals surface area contributed by atoms with Crippen molar-refractivity contribution in [3.63, 3.8) is 0 Å². The second kappa shape index (κ2) is 18.1. The smallest absolute Gasteiger partial charge is 0.227 e. The second-order valence-electron chi connectivity index (χ2n) is 18.5. The summed E-state index contributed by atoms with van der Waals surface area (Å²) in [5.41, 5.74) is 8.02. The summed E-state index contributed by atoms with van der Waals surface area (Å²) in [5.74, 6) is 0. The molecule has 0 aliphatic heterocycles. The molecule has 67 heavy (non-hydrogen) atoms. The van der Waals surface area contributed by atoms with Gasteiger partial charge in [-0.3, -0.25) is 15.0 Å². The number of fused-ring (bicyclic) bond motifs is 3. The lowest BCUT2D eigenvalue weighted by Crippen LogP contribution is -2.23. The largest absolute Gasteiger partial charge is 0.438 e. The van der Waals surface area contributed by atoms with E-state index in [1.54, 1.807) is 54.6 Å². The lowest BCUT2D eigenvalue weighted by molar-refractivity contribution is 0.512. The molecule has 10 aromatic rings. The topological polar surface area (TPSA) is 64.7 Å². The summed E-state index contributed by atoms with van der Waals surface area (Å²) in [6.45, 7) is 3.44. The predicted octanol–water partition coefficient (Wildman–Crippen LogP) is 15.3. The van der Waals surface area contributed by atoms with Crippen molar-refractivity contribution in [1.82, 2.24) is 19.9 Å². The van der Waals surface area contributed by atoms with E-state index in [9.17, 15) is 5.48 Å². The predicted molar refractivity (Wildman–Crippen MR) is 276 cm³/mol. The van der Waals surface area contributed by atoms with Gasteiger partial charge in [-0.05, 0) is 149 Å². The van der Waals surface area contributed by atoms with Gasteiger partial charge in [0.15, 0.2) is 0 Å². The molecule has 0 bridgehead atoms. The van der Waals surface area contributed by atoms with Gasteiger partial charge in [0.05, 0.1) is 17.1 Å². The summed E-state index contributed by atoms with van der Waals surface area (Å²) < 4.78 is 95.4. The minimum atomic E-state index is -2.82. The van der Waals surface area contributed by atoms with Gasteiger partial charge >= 0.3 is 0 Å². The average Bonchev–Trinajstić information content (AvgIpc) is 3.80. The van der Waals surface area contributed by atoms with Crippen molar-refractivity contribution in [3.8, 4) is 44.9 Å². The van der Waals surface area contributed by atoms with E-state index in [-0.39, 0.29) is 39.2 Å². The molecule has 0 radical (unpaired) electrons. The molecule has 0 fully saturated rings. The number of aryl methyl sites for hydroxylation is 4. The van der Waals surface area contributed by atoms with Crippen LogP contribution < -0.4 is 0 Å². The van der Waals surface area contributed by atoms with Crippen LogP contribution in [0.1, 0.15) is 86.0 Å². The first kappa shape index (κ1) is 33.0. The van der Waals surface area contributed by atoms with Gasteiger partial charge in [0.2, 0.25) is 5.71 Å². The molecule has 5 heterocycles. The van der Waals surface area contributed by atoms with Gasteiger partial charge in [-0.2, -0.15) is 0 Å². The van der Waals surface area contributed by atoms with Gasteiger partial charge in [-0.25, -0.2) is 4.98 Å². The minimum Gasteiger partial charge on any atom is -0.438 e. The van der Waals surface area contributed by atoms with E-state index in [2.05, 4.69) is 50.9 Å². The third-order valence-electron chi connectivity index (χ3n) is 12.7. The molecule has 0 saturated carbocycles. The summed E-state index contributed by atoms with van der Waals surface area (Å²) in [6, 6.07) is 50.1. The average molecular weight is 883 g/mol. The molecular weight excluding hydrogens is 817 g/mol. The highest BCUT2D eigenvalue weighted by molar-refractivity contribution is 6.05. The molecule has 5 aromatic heterocycles. The van der Waals surface area contributed by atoms with Crippen LogP contribution in [0.5, 0.6) is 0 Å². The Kier molecular flexibility index (Phi) is 8.90. The lowest BCUT2D eigenvalue weighted by Gasteiger charge is -2.28. The van der Waals surface area contributed by atoms with E-state index in [4.69, 9.17) is 27.6 Å². The number of rotatable bonds is 13. The molecule has 0 aliphatic rings. The van der Waals surface area contributed by atoms with Crippen LogP contribution in [0.3, 0.4) is 0 Å². The van der Waals surface area contributed by atoms with Gasteiger partial charge in [0, 0.05) is 65.5 Å².